The van der Waals surface area contributed by atoms with Crippen molar-refractivity contribution < 1.29 is 19.1 Å². The van der Waals surface area contributed by atoms with E-state index in [1.807, 2.05) is 53.4 Å². The van der Waals surface area contributed by atoms with Crippen molar-refractivity contribution in [2.75, 3.05) is 50.6 Å². The minimum absolute atomic E-state index is 0.0773. The van der Waals surface area contributed by atoms with Crippen molar-refractivity contribution in [2.24, 2.45) is 0 Å². The zero-order valence-corrected chi connectivity index (χ0v) is 20.5. The monoisotopic (exact) mass is 493 g/mol. The molecule has 1 N–H and O–H groups in total. The molecule has 0 unspecified atom stereocenters. The van der Waals surface area contributed by atoms with Crippen LogP contribution in [0.3, 0.4) is 0 Å². The summed E-state index contributed by atoms with van der Waals surface area (Å²) in [6, 6.07) is 20.3. The van der Waals surface area contributed by atoms with E-state index < -0.39 is 0 Å². The highest BCUT2D eigenvalue weighted by atomic mass is 35.5. The highest BCUT2D eigenvalue weighted by Gasteiger charge is 2.24. The number of hydrogen-bond donors (Lipinski definition) is 1. The number of halogens is 1. The van der Waals surface area contributed by atoms with Crippen LogP contribution >= 0.6 is 11.6 Å². The lowest BCUT2D eigenvalue weighted by molar-refractivity contribution is -0.115. The Morgan fingerprint density at radius 2 is 1.57 bits per heavy atom. The first-order valence-electron chi connectivity index (χ1n) is 11.4. The molecule has 7 nitrogen and oxygen atoms in total. The second-order valence-corrected chi connectivity index (χ2v) is 8.68. The summed E-state index contributed by atoms with van der Waals surface area (Å²) in [5.74, 6) is 1.12. The predicted molar refractivity (Wildman–Crippen MR) is 138 cm³/mol. The summed E-state index contributed by atoms with van der Waals surface area (Å²) in [7, 11) is 3.16. The molecule has 0 radical (unpaired) electrons. The summed E-state index contributed by atoms with van der Waals surface area (Å²) in [5.41, 5.74) is 3.19. The largest absolute Gasteiger partial charge is 0.497 e. The number of piperazine rings is 1. The van der Waals surface area contributed by atoms with Crippen LogP contribution in [0.15, 0.2) is 66.7 Å². The quantitative estimate of drug-likeness (QED) is 0.524. The average Bonchev–Trinajstić information content (AvgIpc) is 2.89. The van der Waals surface area contributed by atoms with Gasteiger partial charge in [-0.3, -0.25) is 9.59 Å². The lowest BCUT2D eigenvalue weighted by Crippen LogP contribution is -2.48. The van der Waals surface area contributed by atoms with E-state index in [0.29, 0.717) is 48.9 Å². The number of benzene rings is 3. The number of amides is 2. The number of carbonyl (C=O) groups excluding carboxylic acids is 2. The standard InChI is InChI=1S/C27H28ClN3O4/c1-34-23-10-3-19(4-11-23)17-26(32)29-21-6-8-22(9-7-21)30-13-15-31(16-14-30)27(33)24-18-20(28)5-12-25(24)35-2/h3-12,18H,13-17H2,1-2H3,(H,29,32). The Kier molecular flexibility index (Phi) is 7.77. The molecule has 1 saturated heterocycles. The van der Waals surface area contributed by atoms with E-state index in [0.717, 1.165) is 22.7 Å². The molecule has 2 amide bonds. The van der Waals surface area contributed by atoms with Crippen LogP contribution in [0.1, 0.15) is 15.9 Å². The van der Waals surface area contributed by atoms with E-state index >= 15 is 0 Å². The lowest BCUT2D eigenvalue weighted by atomic mass is 10.1. The number of nitrogens with zero attached hydrogens (tertiary/aromatic N) is 2. The SMILES string of the molecule is COc1ccc(CC(=O)Nc2ccc(N3CCN(C(=O)c4cc(Cl)ccc4OC)CC3)cc2)cc1. The van der Waals surface area contributed by atoms with Gasteiger partial charge in [-0.15, -0.1) is 0 Å². The van der Waals surface area contributed by atoms with Gasteiger partial charge in [0.25, 0.3) is 5.91 Å². The molecular weight excluding hydrogens is 466 g/mol. The van der Waals surface area contributed by atoms with Crippen molar-refractivity contribution in [2.45, 2.75) is 6.42 Å². The molecule has 0 bridgehead atoms. The van der Waals surface area contributed by atoms with Crippen molar-refractivity contribution in [3.63, 3.8) is 0 Å². The predicted octanol–water partition coefficient (Wildman–Crippen LogP) is 4.50. The topological polar surface area (TPSA) is 71.1 Å². The first-order valence-corrected chi connectivity index (χ1v) is 11.7. The normalized spacial score (nSPS) is 13.3. The molecule has 182 valence electrons. The molecule has 1 aliphatic heterocycles. The smallest absolute Gasteiger partial charge is 0.257 e. The molecule has 0 spiro atoms. The van der Waals surface area contributed by atoms with E-state index in [1.165, 1.54) is 0 Å². The number of nitrogens with one attached hydrogen (secondary N) is 1. The maximum atomic E-state index is 13.0. The van der Waals surface area contributed by atoms with Crippen molar-refractivity contribution in [1.82, 2.24) is 4.90 Å². The Morgan fingerprint density at radius 1 is 0.886 bits per heavy atom. The summed E-state index contributed by atoms with van der Waals surface area (Å²) in [6.07, 6.45) is 0.291. The van der Waals surface area contributed by atoms with E-state index in [9.17, 15) is 9.59 Å². The fourth-order valence-corrected chi connectivity index (χ4v) is 4.25. The fourth-order valence-electron chi connectivity index (χ4n) is 4.07. The molecule has 3 aromatic carbocycles. The van der Waals surface area contributed by atoms with Gasteiger partial charge in [-0.2, -0.15) is 0 Å². The van der Waals surface area contributed by atoms with Gasteiger partial charge >= 0.3 is 0 Å². The second-order valence-electron chi connectivity index (χ2n) is 8.24. The van der Waals surface area contributed by atoms with Crippen molar-refractivity contribution >= 4 is 34.8 Å². The first kappa shape index (κ1) is 24.4. The van der Waals surface area contributed by atoms with Gasteiger partial charge in [0.05, 0.1) is 26.2 Å². The molecule has 3 aromatic rings. The van der Waals surface area contributed by atoms with Crippen LogP contribution in [0.2, 0.25) is 5.02 Å². The highest BCUT2D eigenvalue weighted by molar-refractivity contribution is 6.31. The van der Waals surface area contributed by atoms with Crippen LogP contribution in [0.4, 0.5) is 11.4 Å². The Bertz CT molecular complexity index is 1170. The van der Waals surface area contributed by atoms with Crippen LogP contribution in [0.5, 0.6) is 11.5 Å². The van der Waals surface area contributed by atoms with Gasteiger partial charge < -0.3 is 24.6 Å². The fraction of sp³-hybridized carbons (Fsp3) is 0.259. The molecule has 4 rings (SSSR count). The Labute approximate surface area is 210 Å². The minimum atomic E-state index is -0.0843. The number of carbonyl (C=O) groups is 2. The van der Waals surface area contributed by atoms with Crippen LogP contribution in [0, 0.1) is 0 Å². The molecule has 1 aliphatic rings. The van der Waals surface area contributed by atoms with E-state index in [4.69, 9.17) is 21.1 Å². The van der Waals surface area contributed by atoms with E-state index in [1.54, 1.807) is 32.4 Å². The molecule has 0 aliphatic carbocycles. The molecule has 0 atom stereocenters. The Hall–Kier alpha value is -3.71. The molecule has 35 heavy (non-hydrogen) atoms. The summed E-state index contributed by atoms with van der Waals surface area (Å²) in [5, 5.41) is 3.44. The van der Waals surface area contributed by atoms with E-state index in [-0.39, 0.29) is 11.8 Å². The third kappa shape index (κ3) is 6.05. The number of rotatable bonds is 7. The van der Waals surface area contributed by atoms with Crippen molar-refractivity contribution in [3.05, 3.63) is 82.9 Å². The molecular formula is C27H28ClN3O4. The van der Waals surface area contributed by atoms with Crippen molar-refractivity contribution in [3.8, 4) is 11.5 Å². The number of ether oxygens (including phenoxy) is 2. The Balaban J connectivity index is 1.30. The van der Waals surface area contributed by atoms with Crippen LogP contribution in [0.25, 0.3) is 0 Å². The molecule has 0 aromatic heterocycles. The summed E-state index contributed by atoms with van der Waals surface area (Å²) in [4.78, 5) is 29.4. The van der Waals surface area contributed by atoms with Gasteiger partial charge in [-0.25, -0.2) is 0 Å². The number of hydrogen-bond acceptors (Lipinski definition) is 5. The maximum Gasteiger partial charge on any atom is 0.257 e. The van der Waals surface area contributed by atoms with Gasteiger partial charge in [-0.1, -0.05) is 23.7 Å². The van der Waals surface area contributed by atoms with Gasteiger partial charge in [0.1, 0.15) is 11.5 Å². The third-order valence-electron chi connectivity index (χ3n) is 6.00. The van der Waals surface area contributed by atoms with Crippen LogP contribution < -0.4 is 19.7 Å². The van der Waals surface area contributed by atoms with Crippen molar-refractivity contribution in [1.29, 1.82) is 0 Å². The maximum absolute atomic E-state index is 13.0. The Morgan fingerprint density at radius 3 is 2.20 bits per heavy atom. The molecule has 1 heterocycles. The molecule has 8 heteroatoms. The summed E-state index contributed by atoms with van der Waals surface area (Å²) < 4.78 is 10.5. The lowest BCUT2D eigenvalue weighted by Gasteiger charge is -2.36. The van der Waals surface area contributed by atoms with Gasteiger partial charge in [-0.05, 0) is 60.2 Å². The van der Waals surface area contributed by atoms with E-state index in [2.05, 4.69) is 10.2 Å². The third-order valence-corrected chi connectivity index (χ3v) is 6.23. The van der Waals surface area contributed by atoms with Crippen LogP contribution in [-0.2, 0) is 11.2 Å². The zero-order chi connectivity index (χ0) is 24.8. The second kappa shape index (κ2) is 11.1. The highest BCUT2D eigenvalue weighted by Crippen LogP contribution is 2.26. The van der Waals surface area contributed by atoms with Crippen LogP contribution in [-0.4, -0.2) is 57.1 Å². The van der Waals surface area contributed by atoms with Gasteiger partial charge in [0.2, 0.25) is 5.91 Å². The first-order chi connectivity index (χ1) is 17.0. The average molecular weight is 494 g/mol. The summed E-state index contributed by atoms with van der Waals surface area (Å²) >= 11 is 6.09. The minimum Gasteiger partial charge on any atom is -0.497 e. The molecule has 0 saturated carbocycles. The van der Waals surface area contributed by atoms with Gasteiger partial charge in [0, 0.05) is 42.6 Å². The van der Waals surface area contributed by atoms with Gasteiger partial charge in [0.15, 0.2) is 0 Å². The number of anilines is 2. The number of methoxy groups -OCH3 is 2. The zero-order valence-electron chi connectivity index (χ0n) is 19.8. The summed E-state index contributed by atoms with van der Waals surface area (Å²) in [6.45, 7) is 2.60. The molecule has 1 fully saturated rings.